The highest BCUT2D eigenvalue weighted by molar-refractivity contribution is 9.10. The predicted molar refractivity (Wildman–Crippen MR) is 69.3 cm³/mol. The molecule has 4 nitrogen and oxygen atoms in total. The van der Waals surface area contributed by atoms with Gasteiger partial charge in [0.2, 0.25) is 0 Å². The van der Waals surface area contributed by atoms with E-state index in [0.717, 1.165) is 37.2 Å². The molecule has 1 aromatic heterocycles. The lowest BCUT2D eigenvalue weighted by molar-refractivity contribution is 0.138. The lowest BCUT2D eigenvalue weighted by Gasteiger charge is -2.33. The van der Waals surface area contributed by atoms with Crippen LogP contribution in [0.4, 0.5) is 0 Å². The number of pyridine rings is 1. The van der Waals surface area contributed by atoms with E-state index < -0.39 is 0 Å². The van der Waals surface area contributed by atoms with Crippen LogP contribution in [-0.4, -0.2) is 47.5 Å². The lowest BCUT2D eigenvalue weighted by atomic mass is 10.2. The Morgan fingerprint density at radius 1 is 1.24 bits per heavy atom. The summed E-state index contributed by atoms with van der Waals surface area (Å²) in [5, 5.41) is 8.63. The first-order valence-corrected chi connectivity index (χ1v) is 6.48. The molecule has 5 heteroatoms. The number of aromatic nitrogens is 1. The molecular formula is C12H15BrN4. The highest BCUT2D eigenvalue weighted by Gasteiger charge is 2.16. The molecule has 1 aliphatic heterocycles. The SMILES string of the molecule is N#CCN1CCN(Cc2cncc(Br)c2)CC1. The van der Waals surface area contributed by atoms with Crippen LogP contribution in [0.15, 0.2) is 22.9 Å². The van der Waals surface area contributed by atoms with Crippen molar-refractivity contribution in [2.24, 2.45) is 0 Å². The highest BCUT2D eigenvalue weighted by atomic mass is 79.9. The molecule has 1 fully saturated rings. The molecule has 0 radical (unpaired) electrons. The smallest absolute Gasteiger partial charge is 0.0866 e. The summed E-state index contributed by atoms with van der Waals surface area (Å²) in [6.45, 7) is 5.49. The second-order valence-corrected chi connectivity index (χ2v) is 5.14. The molecule has 0 spiro atoms. The van der Waals surface area contributed by atoms with Gasteiger partial charge in [0.05, 0.1) is 12.6 Å². The van der Waals surface area contributed by atoms with Crippen molar-refractivity contribution >= 4 is 15.9 Å². The number of nitriles is 1. The summed E-state index contributed by atoms with van der Waals surface area (Å²) >= 11 is 3.43. The van der Waals surface area contributed by atoms with Gasteiger partial charge in [-0.05, 0) is 27.6 Å². The van der Waals surface area contributed by atoms with Crippen LogP contribution in [0.25, 0.3) is 0 Å². The van der Waals surface area contributed by atoms with Gasteiger partial charge in [-0.25, -0.2) is 0 Å². The number of hydrogen-bond donors (Lipinski definition) is 0. The topological polar surface area (TPSA) is 43.2 Å². The van der Waals surface area contributed by atoms with Crippen molar-refractivity contribution in [2.75, 3.05) is 32.7 Å². The largest absolute Gasteiger partial charge is 0.296 e. The predicted octanol–water partition coefficient (Wildman–Crippen LogP) is 1.49. The minimum atomic E-state index is 0.548. The molecule has 1 saturated heterocycles. The highest BCUT2D eigenvalue weighted by Crippen LogP contribution is 2.12. The normalized spacial score (nSPS) is 17.9. The van der Waals surface area contributed by atoms with Crippen LogP contribution in [0.2, 0.25) is 0 Å². The van der Waals surface area contributed by atoms with Gasteiger partial charge in [0.15, 0.2) is 0 Å². The van der Waals surface area contributed by atoms with Crippen molar-refractivity contribution in [1.29, 1.82) is 5.26 Å². The van der Waals surface area contributed by atoms with Crippen LogP contribution in [0.3, 0.4) is 0 Å². The molecule has 0 aliphatic carbocycles. The van der Waals surface area contributed by atoms with E-state index in [1.54, 1.807) is 6.20 Å². The first kappa shape index (κ1) is 12.5. The molecule has 1 aromatic rings. The Morgan fingerprint density at radius 3 is 2.59 bits per heavy atom. The molecule has 0 aromatic carbocycles. The summed E-state index contributed by atoms with van der Waals surface area (Å²) < 4.78 is 1.03. The fraction of sp³-hybridized carbons (Fsp3) is 0.500. The summed E-state index contributed by atoms with van der Waals surface area (Å²) in [4.78, 5) is 8.76. The number of hydrogen-bond acceptors (Lipinski definition) is 4. The van der Waals surface area contributed by atoms with Crippen LogP contribution >= 0.6 is 15.9 Å². The molecule has 0 amide bonds. The van der Waals surface area contributed by atoms with Crippen molar-refractivity contribution in [2.45, 2.75) is 6.54 Å². The Labute approximate surface area is 110 Å². The van der Waals surface area contributed by atoms with Crippen LogP contribution in [0, 0.1) is 11.3 Å². The maximum atomic E-state index is 8.63. The maximum absolute atomic E-state index is 8.63. The Hall–Kier alpha value is -0.960. The summed E-state index contributed by atoms with van der Waals surface area (Å²) in [5.74, 6) is 0. The Morgan fingerprint density at radius 2 is 1.94 bits per heavy atom. The average Bonchev–Trinajstić information content (AvgIpc) is 2.32. The van der Waals surface area contributed by atoms with E-state index in [1.807, 2.05) is 6.20 Å². The fourth-order valence-electron chi connectivity index (χ4n) is 2.01. The van der Waals surface area contributed by atoms with Crippen molar-refractivity contribution in [1.82, 2.24) is 14.8 Å². The second kappa shape index (κ2) is 6.10. The fourth-order valence-corrected chi connectivity index (χ4v) is 2.42. The molecule has 0 unspecified atom stereocenters. The summed E-state index contributed by atoms with van der Waals surface area (Å²) in [7, 11) is 0. The van der Waals surface area contributed by atoms with Crippen LogP contribution in [-0.2, 0) is 6.54 Å². The van der Waals surface area contributed by atoms with Crippen LogP contribution in [0.5, 0.6) is 0 Å². The van der Waals surface area contributed by atoms with E-state index in [9.17, 15) is 0 Å². The van der Waals surface area contributed by atoms with Gasteiger partial charge in [-0.3, -0.25) is 14.8 Å². The zero-order chi connectivity index (χ0) is 12.1. The molecule has 17 heavy (non-hydrogen) atoms. The summed E-state index contributed by atoms with van der Waals surface area (Å²) in [6.07, 6.45) is 3.71. The third-order valence-electron chi connectivity index (χ3n) is 2.93. The van der Waals surface area contributed by atoms with E-state index in [0.29, 0.717) is 6.54 Å². The molecule has 0 N–H and O–H groups in total. The van der Waals surface area contributed by atoms with Gasteiger partial charge in [-0.1, -0.05) is 0 Å². The van der Waals surface area contributed by atoms with Gasteiger partial charge in [-0.15, -0.1) is 0 Å². The van der Waals surface area contributed by atoms with Gasteiger partial charge in [-0.2, -0.15) is 5.26 Å². The first-order valence-electron chi connectivity index (χ1n) is 5.69. The standard InChI is InChI=1S/C12H15BrN4/c13-12-7-11(8-15-9-12)10-17-5-3-16(2-1-14)4-6-17/h7-9H,2-6,10H2. The van der Waals surface area contributed by atoms with Gasteiger partial charge < -0.3 is 0 Å². The molecule has 2 rings (SSSR count). The molecule has 0 saturated carbocycles. The maximum Gasteiger partial charge on any atom is 0.0866 e. The third-order valence-corrected chi connectivity index (χ3v) is 3.36. The molecule has 2 heterocycles. The van der Waals surface area contributed by atoms with Crippen LogP contribution in [0.1, 0.15) is 5.56 Å². The van der Waals surface area contributed by atoms with Crippen molar-refractivity contribution in [3.8, 4) is 6.07 Å². The van der Waals surface area contributed by atoms with Gasteiger partial charge >= 0.3 is 0 Å². The Bertz CT molecular complexity index is 407. The number of piperazine rings is 1. The number of halogens is 1. The lowest BCUT2D eigenvalue weighted by Crippen LogP contribution is -2.45. The van der Waals surface area contributed by atoms with E-state index in [4.69, 9.17) is 5.26 Å². The number of rotatable bonds is 3. The Kier molecular flexibility index (Phi) is 4.49. The van der Waals surface area contributed by atoms with Crippen molar-refractivity contribution in [3.05, 3.63) is 28.5 Å². The minimum Gasteiger partial charge on any atom is -0.296 e. The van der Waals surface area contributed by atoms with E-state index in [1.165, 1.54) is 5.56 Å². The third kappa shape index (κ3) is 3.77. The monoisotopic (exact) mass is 294 g/mol. The van der Waals surface area contributed by atoms with Gasteiger partial charge in [0.25, 0.3) is 0 Å². The van der Waals surface area contributed by atoms with Gasteiger partial charge in [0.1, 0.15) is 0 Å². The summed E-state index contributed by atoms with van der Waals surface area (Å²) in [6, 6.07) is 4.31. The number of nitrogens with zero attached hydrogens (tertiary/aromatic N) is 4. The molecule has 0 atom stereocenters. The molecule has 1 aliphatic rings. The zero-order valence-corrected chi connectivity index (χ0v) is 11.2. The van der Waals surface area contributed by atoms with E-state index in [2.05, 4.69) is 42.8 Å². The van der Waals surface area contributed by atoms with E-state index in [-0.39, 0.29) is 0 Å². The zero-order valence-electron chi connectivity index (χ0n) is 9.64. The van der Waals surface area contributed by atoms with Gasteiger partial charge in [0, 0.05) is 49.6 Å². The Balaban J connectivity index is 1.84. The van der Waals surface area contributed by atoms with Crippen molar-refractivity contribution in [3.63, 3.8) is 0 Å². The molecule has 0 bridgehead atoms. The quantitative estimate of drug-likeness (QED) is 0.792. The second-order valence-electron chi connectivity index (χ2n) is 4.22. The van der Waals surface area contributed by atoms with Crippen molar-refractivity contribution < 1.29 is 0 Å². The summed E-state index contributed by atoms with van der Waals surface area (Å²) in [5.41, 5.74) is 1.23. The van der Waals surface area contributed by atoms with Crippen LogP contribution < -0.4 is 0 Å². The molecule has 90 valence electrons. The average molecular weight is 295 g/mol. The first-order chi connectivity index (χ1) is 8.28. The molecular weight excluding hydrogens is 280 g/mol. The minimum absolute atomic E-state index is 0.548. The van der Waals surface area contributed by atoms with E-state index >= 15 is 0 Å².